The molecule has 0 amide bonds. The molecule has 0 unspecified atom stereocenters. The van der Waals surface area contributed by atoms with Crippen LogP contribution < -0.4 is 5.32 Å². The molecule has 188 valence electrons. The third-order valence-electron chi connectivity index (χ3n) is 7.46. The van der Waals surface area contributed by atoms with Gasteiger partial charge < -0.3 is 5.32 Å². The first-order chi connectivity index (χ1) is 19.2. The normalized spacial score (nSPS) is 10.8. The van der Waals surface area contributed by atoms with Crippen LogP contribution in [0.4, 0.5) is 11.4 Å². The van der Waals surface area contributed by atoms with E-state index in [2.05, 4.69) is 159 Å². The van der Waals surface area contributed by atoms with Crippen LogP contribution in [0.2, 0.25) is 0 Å². The number of aryl methyl sites for hydroxylation is 1. The first-order valence-electron chi connectivity index (χ1n) is 13.4. The van der Waals surface area contributed by atoms with Gasteiger partial charge in [0, 0.05) is 11.4 Å². The summed E-state index contributed by atoms with van der Waals surface area (Å²) in [5, 5.41) is 3.52. The topological polar surface area (TPSA) is 12.0 Å². The number of benzene rings is 6. The summed E-state index contributed by atoms with van der Waals surface area (Å²) < 4.78 is 0. The van der Waals surface area contributed by atoms with Gasteiger partial charge in [-0.05, 0) is 93.7 Å². The van der Waals surface area contributed by atoms with Gasteiger partial charge in [0.2, 0.25) is 0 Å². The fourth-order valence-electron chi connectivity index (χ4n) is 5.25. The van der Waals surface area contributed by atoms with Crippen molar-refractivity contribution in [1.29, 1.82) is 0 Å². The van der Waals surface area contributed by atoms with E-state index in [0.29, 0.717) is 0 Å². The predicted molar refractivity (Wildman–Crippen MR) is 167 cm³/mol. The molecule has 0 aliphatic rings. The van der Waals surface area contributed by atoms with Crippen LogP contribution in [0.5, 0.6) is 0 Å². The molecule has 6 aromatic rings. The second kappa shape index (κ2) is 10.8. The van der Waals surface area contributed by atoms with E-state index in [4.69, 9.17) is 0 Å². The van der Waals surface area contributed by atoms with E-state index in [9.17, 15) is 0 Å². The number of hydrogen-bond donors (Lipinski definition) is 1. The first kappa shape index (κ1) is 24.5. The third-order valence-corrected chi connectivity index (χ3v) is 7.46. The fraction of sp³-hybridized carbons (Fsp3) is 0.0526. The van der Waals surface area contributed by atoms with E-state index in [1.54, 1.807) is 0 Å². The fourth-order valence-corrected chi connectivity index (χ4v) is 5.25. The molecule has 0 radical (unpaired) electrons. The van der Waals surface area contributed by atoms with Crippen LogP contribution in [0.15, 0.2) is 146 Å². The lowest BCUT2D eigenvalue weighted by molar-refractivity contribution is 1.40. The Balaban J connectivity index is 1.17. The molecule has 6 aromatic carbocycles. The molecule has 1 heteroatoms. The Labute approximate surface area is 231 Å². The number of rotatable bonds is 6. The minimum atomic E-state index is 1.08. The highest BCUT2D eigenvalue weighted by Gasteiger charge is 2.10. The Hall–Kier alpha value is -4.88. The number of nitrogens with one attached hydrogen (secondary N) is 1. The summed E-state index contributed by atoms with van der Waals surface area (Å²) in [6, 6.07) is 51.8. The van der Waals surface area contributed by atoms with Crippen molar-refractivity contribution < 1.29 is 0 Å². The molecule has 1 nitrogen and oxygen atoms in total. The van der Waals surface area contributed by atoms with Gasteiger partial charge in [0.05, 0.1) is 0 Å². The summed E-state index contributed by atoms with van der Waals surface area (Å²) in [7, 11) is 0. The summed E-state index contributed by atoms with van der Waals surface area (Å²) >= 11 is 0. The van der Waals surface area contributed by atoms with Gasteiger partial charge in [0.25, 0.3) is 0 Å². The Bertz CT molecular complexity index is 1700. The molecule has 0 fully saturated rings. The Morgan fingerprint density at radius 3 is 1.36 bits per heavy atom. The van der Waals surface area contributed by atoms with Crippen LogP contribution in [-0.2, 0) is 0 Å². The summed E-state index contributed by atoms with van der Waals surface area (Å²) in [5.41, 5.74) is 14.8. The molecule has 0 bridgehead atoms. The lowest BCUT2D eigenvalue weighted by Gasteiger charge is -2.14. The maximum atomic E-state index is 3.52. The molecular formula is C38H31N. The van der Waals surface area contributed by atoms with Gasteiger partial charge in [-0.15, -0.1) is 0 Å². The summed E-state index contributed by atoms with van der Waals surface area (Å²) in [6.45, 7) is 4.41. The van der Waals surface area contributed by atoms with Crippen molar-refractivity contribution in [3.05, 3.63) is 157 Å². The van der Waals surface area contributed by atoms with E-state index in [-0.39, 0.29) is 0 Å². The molecule has 0 spiro atoms. The van der Waals surface area contributed by atoms with Crippen molar-refractivity contribution >= 4 is 11.4 Å². The van der Waals surface area contributed by atoms with Crippen LogP contribution in [0.25, 0.3) is 44.5 Å². The van der Waals surface area contributed by atoms with Crippen LogP contribution in [-0.4, -0.2) is 0 Å². The maximum absolute atomic E-state index is 3.52. The van der Waals surface area contributed by atoms with E-state index < -0.39 is 0 Å². The van der Waals surface area contributed by atoms with Crippen LogP contribution in [0, 0.1) is 13.8 Å². The van der Waals surface area contributed by atoms with Crippen LogP contribution in [0.3, 0.4) is 0 Å². The molecule has 0 saturated carbocycles. The highest BCUT2D eigenvalue weighted by Crippen LogP contribution is 2.34. The molecule has 0 aliphatic heterocycles. The Morgan fingerprint density at radius 1 is 0.333 bits per heavy atom. The van der Waals surface area contributed by atoms with Crippen molar-refractivity contribution in [2.24, 2.45) is 0 Å². The summed E-state index contributed by atoms with van der Waals surface area (Å²) in [5.74, 6) is 0. The zero-order valence-corrected chi connectivity index (χ0v) is 22.4. The molecule has 0 aromatic heterocycles. The van der Waals surface area contributed by atoms with Gasteiger partial charge >= 0.3 is 0 Å². The van der Waals surface area contributed by atoms with Gasteiger partial charge in [-0.1, -0.05) is 121 Å². The molecule has 0 atom stereocenters. The van der Waals surface area contributed by atoms with E-state index in [1.165, 1.54) is 55.6 Å². The van der Waals surface area contributed by atoms with Crippen molar-refractivity contribution in [1.82, 2.24) is 0 Å². The lowest BCUT2D eigenvalue weighted by atomic mass is 9.90. The third kappa shape index (κ3) is 5.26. The average Bonchev–Trinajstić information content (AvgIpc) is 2.99. The predicted octanol–water partition coefficient (Wildman–Crippen LogP) is 10.7. The zero-order chi connectivity index (χ0) is 26.6. The highest BCUT2D eigenvalue weighted by atomic mass is 14.9. The molecule has 1 N–H and O–H groups in total. The molecule has 0 aliphatic carbocycles. The molecule has 6 rings (SSSR count). The summed E-state index contributed by atoms with van der Waals surface area (Å²) in [4.78, 5) is 0. The van der Waals surface area contributed by atoms with Crippen molar-refractivity contribution in [3.63, 3.8) is 0 Å². The number of hydrogen-bond acceptors (Lipinski definition) is 1. The molecule has 0 heterocycles. The minimum Gasteiger partial charge on any atom is -0.356 e. The standard InChI is InChI=1S/C38H31N/c1-27-9-6-7-12-36(27)38-14-8-13-37(28(38)2)33-17-15-30(16-18-33)32-21-25-35(26-22-32)39-34-23-19-31(20-24-34)29-10-4-3-5-11-29/h3-26,39H,1-2H3. The lowest BCUT2D eigenvalue weighted by Crippen LogP contribution is -1.91. The van der Waals surface area contributed by atoms with Crippen molar-refractivity contribution in [2.75, 3.05) is 5.32 Å². The van der Waals surface area contributed by atoms with E-state index in [1.807, 2.05) is 6.07 Å². The average molecular weight is 502 g/mol. The van der Waals surface area contributed by atoms with Gasteiger partial charge in [0.1, 0.15) is 0 Å². The second-order valence-electron chi connectivity index (χ2n) is 10.0. The monoisotopic (exact) mass is 501 g/mol. The smallest absolute Gasteiger partial charge is 0.0384 e. The Kier molecular flexibility index (Phi) is 6.80. The minimum absolute atomic E-state index is 1.08. The summed E-state index contributed by atoms with van der Waals surface area (Å²) in [6.07, 6.45) is 0. The van der Waals surface area contributed by atoms with Crippen LogP contribution in [0.1, 0.15) is 11.1 Å². The van der Waals surface area contributed by atoms with Gasteiger partial charge in [-0.3, -0.25) is 0 Å². The second-order valence-corrected chi connectivity index (χ2v) is 10.0. The van der Waals surface area contributed by atoms with E-state index >= 15 is 0 Å². The van der Waals surface area contributed by atoms with Crippen LogP contribution >= 0.6 is 0 Å². The van der Waals surface area contributed by atoms with Crippen molar-refractivity contribution in [3.8, 4) is 44.5 Å². The molecule has 39 heavy (non-hydrogen) atoms. The largest absolute Gasteiger partial charge is 0.356 e. The zero-order valence-electron chi connectivity index (χ0n) is 22.4. The van der Waals surface area contributed by atoms with Gasteiger partial charge in [0.15, 0.2) is 0 Å². The van der Waals surface area contributed by atoms with E-state index in [0.717, 1.165) is 11.4 Å². The Morgan fingerprint density at radius 2 is 0.769 bits per heavy atom. The van der Waals surface area contributed by atoms with Gasteiger partial charge in [-0.2, -0.15) is 0 Å². The number of anilines is 2. The van der Waals surface area contributed by atoms with Crippen molar-refractivity contribution in [2.45, 2.75) is 13.8 Å². The molecule has 0 saturated heterocycles. The van der Waals surface area contributed by atoms with Gasteiger partial charge in [-0.25, -0.2) is 0 Å². The quantitative estimate of drug-likeness (QED) is 0.239. The highest BCUT2D eigenvalue weighted by molar-refractivity contribution is 5.81. The molecular weight excluding hydrogens is 470 g/mol. The SMILES string of the molecule is Cc1ccccc1-c1cccc(-c2ccc(-c3ccc(Nc4ccc(-c5ccccc5)cc4)cc3)cc2)c1C. The maximum Gasteiger partial charge on any atom is 0.0384 e. The first-order valence-corrected chi connectivity index (χ1v) is 13.4.